The molecule has 0 saturated heterocycles. The van der Waals surface area contributed by atoms with Crippen molar-refractivity contribution in [3.8, 4) is 0 Å². The first-order chi connectivity index (χ1) is 12.2. The summed E-state index contributed by atoms with van der Waals surface area (Å²) >= 11 is 0. The number of carbonyl (C=O) groups excluding carboxylic acids is 1. The van der Waals surface area contributed by atoms with Gasteiger partial charge in [-0.2, -0.15) is 0 Å². The summed E-state index contributed by atoms with van der Waals surface area (Å²) in [7, 11) is 0. The second-order valence-corrected chi connectivity index (χ2v) is 7.25. The van der Waals surface area contributed by atoms with E-state index >= 15 is 0 Å². The molecule has 2 aromatic rings. The van der Waals surface area contributed by atoms with Gasteiger partial charge in [0, 0.05) is 19.0 Å². The summed E-state index contributed by atoms with van der Waals surface area (Å²) in [5, 5.41) is 3.04. The van der Waals surface area contributed by atoms with E-state index in [1.807, 2.05) is 12.1 Å². The number of carbonyl (C=O) groups is 1. The molecule has 1 unspecified atom stereocenters. The molecule has 1 aliphatic carbocycles. The normalized spacial score (nSPS) is 14.5. The Kier molecular flexibility index (Phi) is 8.14. The highest BCUT2D eigenvalue weighted by atomic mass is 35.5. The lowest BCUT2D eigenvalue weighted by molar-refractivity contribution is -0.122. The molecule has 0 spiro atoms. The maximum absolute atomic E-state index is 12.4. The summed E-state index contributed by atoms with van der Waals surface area (Å²) in [6.45, 7) is 0.604. The zero-order valence-corrected chi connectivity index (χ0v) is 16.0. The lowest BCUT2D eigenvalue weighted by atomic mass is 9.89. The van der Waals surface area contributed by atoms with Crippen LogP contribution in [0.5, 0.6) is 0 Å². The van der Waals surface area contributed by atoms with Crippen LogP contribution in [-0.4, -0.2) is 18.5 Å². The fourth-order valence-electron chi connectivity index (χ4n) is 3.37. The van der Waals surface area contributed by atoms with E-state index in [-0.39, 0.29) is 24.4 Å². The Hall–Kier alpha value is -1.84. The summed E-state index contributed by atoms with van der Waals surface area (Å²) < 4.78 is 0. The highest BCUT2D eigenvalue weighted by Crippen LogP contribution is 2.31. The molecule has 0 radical (unpaired) electrons. The van der Waals surface area contributed by atoms with Crippen LogP contribution in [0.15, 0.2) is 60.7 Å². The average Bonchev–Trinajstić information content (AvgIpc) is 3.46. The lowest BCUT2D eigenvalue weighted by Crippen LogP contribution is -2.39. The Bertz CT molecular complexity index is 617. The van der Waals surface area contributed by atoms with Crippen LogP contribution >= 0.6 is 12.4 Å². The second kappa shape index (κ2) is 10.3. The predicted molar refractivity (Wildman–Crippen MR) is 109 cm³/mol. The van der Waals surface area contributed by atoms with Crippen LogP contribution in [0.1, 0.15) is 30.4 Å². The van der Waals surface area contributed by atoms with Gasteiger partial charge >= 0.3 is 0 Å². The zero-order chi connectivity index (χ0) is 17.5. The van der Waals surface area contributed by atoms with E-state index in [0.717, 1.165) is 12.8 Å². The van der Waals surface area contributed by atoms with Crippen LogP contribution in [0, 0.1) is 11.8 Å². The molecule has 1 fully saturated rings. The van der Waals surface area contributed by atoms with Gasteiger partial charge in [-0.15, -0.1) is 12.4 Å². The van der Waals surface area contributed by atoms with Gasteiger partial charge in [-0.05, 0) is 48.6 Å². The van der Waals surface area contributed by atoms with Crippen LogP contribution in [0.3, 0.4) is 0 Å². The predicted octanol–water partition coefficient (Wildman–Crippen LogP) is 3.75. The number of hydrogen-bond donors (Lipinski definition) is 2. The molecule has 3 nitrogen and oxygen atoms in total. The monoisotopic (exact) mass is 372 g/mol. The van der Waals surface area contributed by atoms with E-state index in [1.54, 1.807) is 0 Å². The number of hydrogen-bond acceptors (Lipinski definition) is 2. The molecule has 1 aliphatic rings. The summed E-state index contributed by atoms with van der Waals surface area (Å²) in [5.74, 6) is 1.03. The molecule has 1 saturated carbocycles. The molecular weight excluding hydrogens is 344 g/mol. The van der Waals surface area contributed by atoms with Gasteiger partial charge in [0.05, 0.1) is 0 Å². The molecule has 140 valence electrons. The fourth-order valence-corrected chi connectivity index (χ4v) is 3.37. The van der Waals surface area contributed by atoms with Crippen molar-refractivity contribution in [1.29, 1.82) is 0 Å². The van der Waals surface area contributed by atoms with E-state index in [1.165, 1.54) is 24.0 Å². The average molecular weight is 373 g/mol. The number of nitrogens with two attached hydrogens (primary N) is 1. The first kappa shape index (κ1) is 20.5. The fraction of sp³-hybridized carbons (Fsp3) is 0.409. The minimum absolute atomic E-state index is 0. The van der Waals surface area contributed by atoms with Crippen molar-refractivity contribution in [1.82, 2.24) is 5.32 Å². The van der Waals surface area contributed by atoms with Crippen molar-refractivity contribution in [3.63, 3.8) is 0 Å². The molecule has 2 aromatic carbocycles. The first-order valence-corrected chi connectivity index (χ1v) is 9.31. The standard InChI is InChI=1S/C22H28N2O.ClH/c23-21(20-11-12-20)16-24-22(25)15-19(13-17-7-3-1-4-8-17)14-18-9-5-2-6-10-18;/h1-10,19-21H,11-16,23H2,(H,24,25);1H. The number of benzene rings is 2. The molecule has 0 bridgehead atoms. The maximum Gasteiger partial charge on any atom is 0.220 e. The van der Waals surface area contributed by atoms with Crippen LogP contribution in [0.25, 0.3) is 0 Å². The van der Waals surface area contributed by atoms with Crippen molar-refractivity contribution in [2.45, 2.75) is 38.1 Å². The van der Waals surface area contributed by atoms with Crippen molar-refractivity contribution in [2.24, 2.45) is 17.6 Å². The largest absolute Gasteiger partial charge is 0.355 e. The van der Waals surface area contributed by atoms with Gasteiger partial charge in [-0.3, -0.25) is 4.79 Å². The van der Waals surface area contributed by atoms with E-state index < -0.39 is 0 Å². The molecule has 0 aromatic heterocycles. The van der Waals surface area contributed by atoms with Crippen LogP contribution in [-0.2, 0) is 17.6 Å². The summed E-state index contributed by atoms with van der Waals surface area (Å²) in [4.78, 5) is 12.4. The highest BCUT2D eigenvalue weighted by molar-refractivity contribution is 5.85. The van der Waals surface area contributed by atoms with Crippen LogP contribution in [0.4, 0.5) is 0 Å². The van der Waals surface area contributed by atoms with Gasteiger partial charge in [0.25, 0.3) is 0 Å². The van der Waals surface area contributed by atoms with Gasteiger partial charge in [0.1, 0.15) is 0 Å². The summed E-state index contributed by atoms with van der Waals surface area (Å²) in [6, 6.07) is 21.0. The van der Waals surface area contributed by atoms with E-state index in [2.05, 4.69) is 53.8 Å². The Balaban J connectivity index is 0.00000243. The van der Waals surface area contributed by atoms with E-state index in [4.69, 9.17) is 5.73 Å². The minimum Gasteiger partial charge on any atom is -0.355 e. The summed E-state index contributed by atoms with van der Waals surface area (Å²) in [6.07, 6.45) is 4.79. The Morgan fingerprint density at radius 3 is 1.92 bits per heavy atom. The highest BCUT2D eigenvalue weighted by Gasteiger charge is 2.28. The molecule has 0 aliphatic heterocycles. The third kappa shape index (κ3) is 6.81. The number of halogens is 1. The number of rotatable bonds is 9. The lowest BCUT2D eigenvalue weighted by Gasteiger charge is -2.18. The minimum atomic E-state index is 0. The maximum atomic E-state index is 12.4. The first-order valence-electron chi connectivity index (χ1n) is 9.31. The van der Waals surface area contributed by atoms with Crippen molar-refractivity contribution in [3.05, 3.63) is 71.8 Å². The quantitative estimate of drug-likeness (QED) is 0.704. The Morgan fingerprint density at radius 2 is 1.46 bits per heavy atom. The van der Waals surface area contributed by atoms with Crippen LogP contribution < -0.4 is 11.1 Å². The third-order valence-electron chi connectivity index (χ3n) is 4.97. The smallest absolute Gasteiger partial charge is 0.220 e. The molecular formula is C22H29ClN2O. The van der Waals surface area contributed by atoms with Crippen molar-refractivity contribution in [2.75, 3.05) is 6.54 Å². The van der Waals surface area contributed by atoms with Gasteiger partial charge < -0.3 is 11.1 Å². The number of amides is 1. The molecule has 26 heavy (non-hydrogen) atoms. The molecule has 3 N–H and O–H groups in total. The molecule has 3 rings (SSSR count). The second-order valence-electron chi connectivity index (χ2n) is 7.25. The third-order valence-corrected chi connectivity index (χ3v) is 4.97. The topological polar surface area (TPSA) is 55.1 Å². The molecule has 1 amide bonds. The van der Waals surface area contributed by atoms with Gasteiger partial charge in [0.15, 0.2) is 0 Å². The summed E-state index contributed by atoms with van der Waals surface area (Å²) in [5.41, 5.74) is 8.66. The van der Waals surface area contributed by atoms with E-state index in [9.17, 15) is 4.79 Å². The van der Waals surface area contributed by atoms with Crippen molar-refractivity contribution >= 4 is 18.3 Å². The Labute approximate surface area is 162 Å². The SMILES string of the molecule is Cl.NC(CNC(=O)CC(Cc1ccccc1)Cc1ccccc1)C1CC1. The zero-order valence-electron chi connectivity index (χ0n) is 15.1. The molecule has 4 heteroatoms. The molecule has 0 heterocycles. The van der Waals surface area contributed by atoms with E-state index in [0.29, 0.717) is 24.8 Å². The molecule has 1 atom stereocenters. The number of nitrogens with one attached hydrogen (secondary N) is 1. The van der Waals surface area contributed by atoms with Crippen LogP contribution in [0.2, 0.25) is 0 Å². The van der Waals surface area contributed by atoms with Gasteiger partial charge in [-0.25, -0.2) is 0 Å². The van der Waals surface area contributed by atoms with Gasteiger partial charge in [-0.1, -0.05) is 60.7 Å². The van der Waals surface area contributed by atoms with Gasteiger partial charge in [0.2, 0.25) is 5.91 Å². The Morgan fingerprint density at radius 1 is 0.962 bits per heavy atom. The van der Waals surface area contributed by atoms with Crippen molar-refractivity contribution < 1.29 is 4.79 Å².